The van der Waals surface area contributed by atoms with E-state index in [2.05, 4.69) is 15.3 Å². The summed E-state index contributed by atoms with van der Waals surface area (Å²) in [4.78, 5) is 20.8. The van der Waals surface area contributed by atoms with Gasteiger partial charge >= 0.3 is 0 Å². The van der Waals surface area contributed by atoms with Gasteiger partial charge in [0.15, 0.2) is 5.13 Å². The molecule has 0 spiro atoms. The molecular formula is C19H18ClN3O2S. The molecule has 2 heterocycles. The van der Waals surface area contributed by atoms with Gasteiger partial charge < -0.3 is 4.74 Å². The molecule has 0 aliphatic heterocycles. The van der Waals surface area contributed by atoms with Crippen molar-refractivity contribution in [2.75, 3.05) is 11.9 Å². The normalized spacial score (nSPS) is 10.6. The zero-order chi connectivity index (χ0) is 18.7. The van der Waals surface area contributed by atoms with Crippen LogP contribution in [-0.4, -0.2) is 22.5 Å². The molecule has 0 saturated carbocycles. The standard InChI is InChI=1S/C19H18ClN3O2S/c1-4-25-14-7-11(2)17(12(3)8-14)15-10-26-19(22-15)23-18(24)13-5-6-21-16(20)9-13/h5-10H,4H2,1-3H3,(H,22,23,24). The fourth-order valence-corrected chi connectivity index (χ4v) is 3.61. The highest BCUT2D eigenvalue weighted by molar-refractivity contribution is 7.14. The molecule has 3 aromatic rings. The molecular weight excluding hydrogens is 370 g/mol. The van der Waals surface area contributed by atoms with Gasteiger partial charge in [-0.1, -0.05) is 11.6 Å². The molecule has 0 bridgehead atoms. The van der Waals surface area contributed by atoms with E-state index in [1.807, 2.05) is 38.3 Å². The molecule has 26 heavy (non-hydrogen) atoms. The van der Waals surface area contributed by atoms with Crippen LogP contribution in [0, 0.1) is 13.8 Å². The Bertz CT molecular complexity index is 932. The lowest BCUT2D eigenvalue weighted by atomic mass is 10.0. The Hall–Kier alpha value is -2.44. The molecule has 0 fully saturated rings. The van der Waals surface area contributed by atoms with Crippen molar-refractivity contribution in [3.8, 4) is 17.0 Å². The Kier molecular flexibility index (Phi) is 5.54. The molecule has 1 amide bonds. The van der Waals surface area contributed by atoms with Crippen molar-refractivity contribution in [1.82, 2.24) is 9.97 Å². The van der Waals surface area contributed by atoms with Crippen LogP contribution in [0.15, 0.2) is 35.8 Å². The predicted molar refractivity (Wildman–Crippen MR) is 105 cm³/mol. The van der Waals surface area contributed by atoms with Gasteiger partial charge in [0, 0.05) is 22.7 Å². The Morgan fingerprint density at radius 3 is 2.65 bits per heavy atom. The molecule has 3 rings (SSSR count). The van der Waals surface area contributed by atoms with Crippen LogP contribution < -0.4 is 10.1 Å². The average Bonchev–Trinajstić information content (AvgIpc) is 3.02. The van der Waals surface area contributed by atoms with E-state index in [-0.39, 0.29) is 11.1 Å². The maximum atomic E-state index is 12.3. The van der Waals surface area contributed by atoms with Gasteiger partial charge in [-0.3, -0.25) is 10.1 Å². The predicted octanol–water partition coefficient (Wildman–Crippen LogP) is 5.13. The first-order chi connectivity index (χ1) is 12.5. The Labute approximate surface area is 161 Å². The highest BCUT2D eigenvalue weighted by Gasteiger charge is 2.14. The summed E-state index contributed by atoms with van der Waals surface area (Å²) < 4.78 is 5.58. The van der Waals surface area contributed by atoms with E-state index in [4.69, 9.17) is 16.3 Å². The second-order valence-electron chi connectivity index (χ2n) is 5.72. The molecule has 0 atom stereocenters. The van der Waals surface area contributed by atoms with Gasteiger partial charge in [-0.05, 0) is 56.2 Å². The zero-order valence-corrected chi connectivity index (χ0v) is 16.2. The van der Waals surface area contributed by atoms with Crippen molar-refractivity contribution in [3.63, 3.8) is 0 Å². The van der Waals surface area contributed by atoms with Crippen LogP contribution in [0.3, 0.4) is 0 Å². The number of ether oxygens (including phenoxy) is 1. The Morgan fingerprint density at radius 1 is 1.27 bits per heavy atom. The van der Waals surface area contributed by atoms with Gasteiger partial charge in [0.25, 0.3) is 5.91 Å². The molecule has 5 nitrogen and oxygen atoms in total. The minimum Gasteiger partial charge on any atom is -0.494 e. The number of nitrogens with one attached hydrogen (secondary N) is 1. The third-order valence-electron chi connectivity index (χ3n) is 3.79. The molecule has 0 unspecified atom stereocenters. The first-order valence-corrected chi connectivity index (χ1v) is 9.36. The molecule has 0 aliphatic rings. The molecule has 2 aromatic heterocycles. The van der Waals surface area contributed by atoms with Crippen LogP contribution in [-0.2, 0) is 0 Å². The number of carbonyl (C=O) groups excluding carboxylic acids is 1. The summed E-state index contributed by atoms with van der Waals surface area (Å²) in [5, 5.41) is 5.55. The summed E-state index contributed by atoms with van der Waals surface area (Å²) in [5.41, 5.74) is 4.48. The van der Waals surface area contributed by atoms with E-state index in [0.717, 1.165) is 28.1 Å². The lowest BCUT2D eigenvalue weighted by molar-refractivity contribution is 0.102. The van der Waals surface area contributed by atoms with Crippen LogP contribution in [0.25, 0.3) is 11.3 Å². The van der Waals surface area contributed by atoms with Crippen molar-refractivity contribution in [1.29, 1.82) is 0 Å². The number of aromatic nitrogens is 2. The summed E-state index contributed by atoms with van der Waals surface area (Å²) in [5.74, 6) is 0.583. The van der Waals surface area contributed by atoms with Crippen molar-refractivity contribution in [3.05, 3.63) is 57.7 Å². The van der Waals surface area contributed by atoms with Crippen molar-refractivity contribution in [2.24, 2.45) is 0 Å². The van der Waals surface area contributed by atoms with Crippen LogP contribution >= 0.6 is 22.9 Å². The maximum absolute atomic E-state index is 12.3. The third-order valence-corrected chi connectivity index (χ3v) is 4.75. The first-order valence-electron chi connectivity index (χ1n) is 8.10. The number of aryl methyl sites for hydroxylation is 2. The molecule has 1 aromatic carbocycles. The van der Waals surface area contributed by atoms with Crippen molar-refractivity contribution in [2.45, 2.75) is 20.8 Å². The fraction of sp³-hybridized carbons (Fsp3) is 0.211. The van der Waals surface area contributed by atoms with E-state index >= 15 is 0 Å². The SMILES string of the molecule is CCOc1cc(C)c(-c2csc(NC(=O)c3ccnc(Cl)c3)n2)c(C)c1. The van der Waals surface area contributed by atoms with Gasteiger partial charge in [0.05, 0.1) is 12.3 Å². The van der Waals surface area contributed by atoms with Gasteiger partial charge in [-0.15, -0.1) is 11.3 Å². The maximum Gasteiger partial charge on any atom is 0.257 e. The van der Waals surface area contributed by atoms with Crippen molar-refractivity contribution < 1.29 is 9.53 Å². The molecule has 0 aliphatic carbocycles. The third kappa shape index (κ3) is 4.03. The Balaban J connectivity index is 1.83. The smallest absolute Gasteiger partial charge is 0.257 e. The van der Waals surface area contributed by atoms with Crippen LogP contribution in [0.4, 0.5) is 5.13 Å². The molecule has 0 radical (unpaired) electrons. The lowest BCUT2D eigenvalue weighted by Gasteiger charge is -2.11. The van der Waals surface area contributed by atoms with Crippen LogP contribution in [0.1, 0.15) is 28.4 Å². The van der Waals surface area contributed by atoms with Gasteiger partial charge in [0.2, 0.25) is 0 Å². The first kappa shape index (κ1) is 18.4. The number of rotatable bonds is 5. The molecule has 7 heteroatoms. The van der Waals surface area contributed by atoms with E-state index in [0.29, 0.717) is 17.3 Å². The topological polar surface area (TPSA) is 64.1 Å². The number of carbonyl (C=O) groups is 1. The van der Waals surface area contributed by atoms with E-state index in [1.54, 1.807) is 6.07 Å². The number of benzene rings is 1. The zero-order valence-electron chi connectivity index (χ0n) is 14.7. The van der Waals surface area contributed by atoms with Gasteiger partial charge in [0.1, 0.15) is 10.9 Å². The number of amides is 1. The fourth-order valence-electron chi connectivity index (χ4n) is 2.74. The van der Waals surface area contributed by atoms with Crippen LogP contribution in [0.2, 0.25) is 5.15 Å². The Morgan fingerprint density at radius 2 is 2.00 bits per heavy atom. The van der Waals surface area contributed by atoms with Gasteiger partial charge in [-0.2, -0.15) is 0 Å². The number of thiazole rings is 1. The highest BCUT2D eigenvalue weighted by atomic mass is 35.5. The minimum absolute atomic E-state index is 0.268. The summed E-state index contributed by atoms with van der Waals surface area (Å²) in [6.45, 7) is 6.65. The summed E-state index contributed by atoms with van der Waals surface area (Å²) >= 11 is 7.21. The molecule has 0 saturated heterocycles. The van der Waals surface area contributed by atoms with E-state index in [9.17, 15) is 4.79 Å². The van der Waals surface area contributed by atoms with E-state index < -0.39 is 0 Å². The number of hydrogen-bond donors (Lipinski definition) is 1. The minimum atomic E-state index is -0.268. The number of anilines is 1. The number of hydrogen-bond acceptors (Lipinski definition) is 5. The summed E-state index contributed by atoms with van der Waals surface area (Å²) in [6, 6.07) is 7.13. The average molecular weight is 388 g/mol. The lowest BCUT2D eigenvalue weighted by Crippen LogP contribution is -2.11. The summed E-state index contributed by atoms with van der Waals surface area (Å²) in [6.07, 6.45) is 1.50. The summed E-state index contributed by atoms with van der Waals surface area (Å²) in [7, 11) is 0. The number of pyridine rings is 1. The van der Waals surface area contributed by atoms with Crippen molar-refractivity contribution >= 4 is 34.0 Å². The second kappa shape index (κ2) is 7.85. The quantitative estimate of drug-likeness (QED) is 0.616. The number of nitrogens with zero attached hydrogens (tertiary/aromatic N) is 2. The largest absolute Gasteiger partial charge is 0.494 e. The number of halogens is 1. The van der Waals surface area contributed by atoms with E-state index in [1.165, 1.54) is 23.6 Å². The second-order valence-corrected chi connectivity index (χ2v) is 6.97. The molecule has 1 N–H and O–H groups in total. The highest BCUT2D eigenvalue weighted by Crippen LogP contribution is 2.33. The van der Waals surface area contributed by atoms with Gasteiger partial charge in [-0.25, -0.2) is 9.97 Å². The monoisotopic (exact) mass is 387 g/mol. The molecule has 134 valence electrons. The van der Waals surface area contributed by atoms with Crippen LogP contribution in [0.5, 0.6) is 5.75 Å².